The van der Waals surface area contributed by atoms with E-state index >= 15 is 0 Å². The van der Waals surface area contributed by atoms with Crippen LogP contribution >= 0.6 is 0 Å². The quantitative estimate of drug-likeness (QED) is 0.802. The molecule has 1 aliphatic heterocycles. The van der Waals surface area contributed by atoms with E-state index in [2.05, 4.69) is 39.3 Å². The van der Waals surface area contributed by atoms with Gasteiger partial charge >= 0.3 is 0 Å². The molecule has 5 heteroatoms. The summed E-state index contributed by atoms with van der Waals surface area (Å²) in [7, 11) is 0. The summed E-state index contributed by atoms with van der Waals surface area (Å²) in [6, 6.07) is 2.34. The lowest BCUT2D eigenvalue weighted by atomic mass is 10.1. The zero-order valence-electron chi connectivity index (χ0n) is 12.7. The van der Waals surface area contributed by atoms with E-state index in [1.807, 2.05) is 6.07 Å². The lowest BCUT2D eigenvalue weighted by Crippen LogP contribution is -2.38. The van der Waals surface area contributed by atoms with Crippen molar-refractivity contribution in [2.45, 2.75) is 45.6 Å². The average molecular weight is 277 g/mol. The van der Waals surface area contributed by atoms with E-state index in [9.17, 15) is 0 Å². The maximum absolute atomic E-state index is 4.49. The summed E-state index contributed by atoms with van der Waals surface area (Å²) in [6.45, 7) is 8.82. The molecule has 0 saturated carbocycles. The van der Waals surface area contributed by atoms with Crippen LogP contribution in [-0.4, -0.2) is 47.1 Å². The smallest absolute Gasteiger partial charge is 0.224 e. The molecule has 0 aromatic carbocycles. The molecule has 0 bridgehead atoms. The van der Waals surface area contributed by atoms with Crippen LogP contribution in [0.2, 0.25) is 0 Å². The monoisotopic (exact) mass is 277 g/mol. The lowest BCUT2D eigenvalue weighted by Gasteiger charge is -2.29. The van der Waals surface area contributed by atoms with Gasteiger partial charge in [-0.25, -0.2) is 4.98 Å². The first-order valence-corrected chi connectivity index (χ1v) is 7.83. The van der Waals surface area contributed by atoms with Gasteiger partial charge in [-0.15, -0.1) is 0 Å². The molecule has 2 N–H and O–H groups in total. The summed E-state index contributed by atoms with van der Waals surface area (Å²) in [5.74, 6) is 1.62. The van der Waals surface area contributed by atoms with Crippen molar-refractivity contribution >= 4 is 11.8 Å². The minimum atomic E-state index is 0.405. The van der Waals surface area contributed by atoms with Crippen molar-refractivity contribution in [1.29, 1.82) is 0 Å². The molecule has 1 unspecified atom stereocenters. The first-order chi connectivity index (χ1) is 9.78. The Bertz CT molecular complexity index is 390. The first kappa shape index (κ1) is 15.0. The van der Waals surface area contributed by atoms with Gasteiger partial charge in [0.2, 0.25) is 5.95 Å². The molecular weight excluding hydrogens is 250 g/mol. The van der Waals surface area contributed by atoms with Gasteiger partial charge in [-0.2, -0.15) is 4.98 Å². The third-order valence-electron chi connectivity index (χ3n) is 3.56. The molecule has 5 nitrogen and oxygen atoms in total. The van der Waals surface area contributed by atoms with Gasteiger partial charge in [-0.3, -0.25) is 0 Å². The molecular formula is C15H27N5. The van der Waals surface area contributed by atoms with Gasteiger partial charge in [-0.05, 0) is 45.3 Å². The van der Waals surface area contributed by atoms with Crippen LogP contribution in [0, 0.1) is 0 Å². The van der Waals surface area contributed by atoms with Crippen molar-refractivity contribution in [3.05, 3.63) is 12.3 Å². The van der Waals surface area contributed by atoms with E-state index in [-0.39, 0.29) is 0 Å². The Balaban J connectivity index is 1.81. The second-order valence-corrected chi connectivity index (χ2v) is 5.60. The van der Waals surface area contributed by atoms with E-state index in [4.69, 9.17) is 0 Å². The molecule has 1 aliphatic rings. The molecule has 1 aromatic heterocycles. The maximum Gasteiger partial charge on any atom is 0.224 e. The van der Waals surface area contributed by atoms with E-state index in [0.717, 1.165) is 25.3 Å². The number of hydrogen-bond donors (Lipinski definition) is 2. The Morgan fingerprint density at radius 3 is 2.85 bits per heavy atom. The number of anilines is 2. The second kappa shape index (κ2) is 8.04. The van der Waals surface area contributed by atoms with Crippen molar-refractivity contribution in [2.75, 3.05) is 36.8 Å². The molecule has 0 aliphatic carbocycles. The third kappa shape index (κ3) is 4.96. The van der Waals surface area contributed by atoms with Crippen molar-refractivity contribution in [1.82, 2.24) is 14.9 Å². The summed E-state index contributed by atoms with van der Waals surface area (Å²) in [4.78, 5) is 11.3. The zero-order chi connectivity index (χ0) is 14.2. The standard InChI is InChI=1S/C15H27N5/c1-3-8-16-15-17-9-7-14(19-15)18-13(2)12-20-10-5-4-6-11-20/h7,9,13H,3-6,8,10-12H2,1-2H3,(H2,16,17,18,19). The van der Waals surface area contributed by atoms with Gasteiger partial charge < -0.3 is 15.5 Å². The van der Waals surface area contributed by atoms with E-state index in [0.29, 0.717) is 12.0 Å². The van der Waals surface area contributed by atoms with Crippen LogP contribution in [0.3, 0.4) is 0 Å². The van der Waals surface area contributed by atoms with Crippen molar-refractivity contribution in [2.24, 2.45) is 0 Å². The Morgan fingerprint density at radius 1 is 1.30 bits per heavy atom. The molecule has 0 spiro atoms. The number of rotatable bonds is 7. The number of likely N-dealkylation sites (tertiary alicyclic amines) is 1. The zero-order valence-corrected chi connectivity index (χ0v) is 12.7. The van der Waals surface area contributed by atoms with Gasteiger partial charge in [0.05, 0.1) is 0 Å². The van der Waals surface area contributed by atoms with Crippen molar-refractivity contribution < 1.29 is 0 Å². The molecule has 2 rings (SSSR count). The number of piperidine rings is 1. The Labute approximate surface area is 122 Å². The predicted molar refractivity (Wildman–Crippen MR) is 84.2 cm³/mol. The molecule has 1 atom stereocenters. The molecule has 1 saturated heterocycles. The van der Waals surface area contributed by atoms with Crippen LogP contribution in [0.4, 0.5) is 11.8 Å². The predicted octanol–water partition coefficient (Wildman–Crippen LogP) is 2.58. The molecule has 0 amide bonds. The number of hydrogen-bond acceptors (Lipinski definition) is 5. The fourth-order valence-electron chi connectivity index (χ4n) is 2.59. The van der Waals surface area contributed by atoms with E-state index < -0.39 is 0 Å². The first-order valence-electron chi connectivity index (χ1n) is 7.83. The summed E-state index contributed by atoms with van der Waals surface area (Å²) < 4.78 is 0. The molecule has 20 heavy (non-hydrogen) atoms. The number of aromatic nitrogens is 2. The third-order valence-corrected chi connectivity index (χ3v) is 3.56. The van der Waals surface area contributed by atoms with Gasteiger partial charge in [0.15, 0.2) is 0 Å². The minimum absolute atomic E-state index is 0.405. The van der Waals surface area contributed by atoms with Gasteiger partial charge in [-0.1, -0.05) is 13.3 Å². The van der Waals surface area contributed by atoms with Crippen LogP contribution in [0.1, 0.15) is 39.5 Å². The molecule has 0 radical (unpaired) electrons. The highest BCUT2D eigenvalue weighted by atomic mass is 15.2. The highest BCUT2D eigenvalue weighted by molar-refractivity contribution is 5.40. The van der Waals surface area contributed by atoms with Crippen molar-refractivity contribution in [3.63, 3.8) is 0 Å². The van der Waals surface area contributed by atoms with Crippen LogP contribution < -0.4 is 10.6 Å². The fourth-order valence-corrected chi connectivity index (χ4v) is 2.59. The topological polar surface area (TPSA) is 53.1 Å². The summed E-state index contributed by atoms with van der Waals surface area (Å²) in [5, 5.41) is 6.69. The Hall–Kier alpha value is -1.36. The highest BCUT2D eigenvalue weighted by Crippen LogP contribution is 2.11. The van der Waals surface area contributed by atoms with Gasteiger partial charge in [0.1, 0.15) is 5.82 Å². The summed E-state index contributed by atoms with van der Waals surface area (Å²) in [5.41, 5.74) is 0. The van der Waals surface area contributed by atoms with Crippen LogP contribution in [0.5, 0.6) is 0 Å². The largest absolute Gasteiger partial charge is 0.366 e. The van der Waals surface area contributed by atoms with Gasteiger partial charge in [0, 0.05) is 25.3 Å². The molecule has 112 valence electrons. The number of nitrogens with one attached hydrogen (secondary N) is 2. The summed E-state index contributed by atoms with van der Waals surface area (Å²) in [6.07, 6.45) is 6.95. The van der Waals surface area contributed by atoms with E-state index in [1.165, 1.54) is 32.4 Å². The molecule has 2 heterocycles. The minimum Gasteiger partial charge on any atom is -0.366 e. The Morgan fingerprint density at radius 2 is 2.10 bits per heavy atom. The second-order valence-electron chi connectivity index (χ2n) is 5.60. The maximum atomic E-state index is 4.49. The Kier molecular flexibility index (Phi) is 6.05. The average Bonchev–Trinajstić information content (AvgIpc) is 2.46. The van der Waals surface area contributed by atoms with Gasteiger partial charge in [0.25, 0.3) is 0 Å². The van der Waals surface area contributed by atoms with Crippen LogP contribution in [-0.2, 0) is 0 Å². The number of nitrogens with zero attached hydrogens (tertiary/aromatic N) is 3. The molecule has 1 fully saturated rings. The van der Waals surface area contributed by atoms with E-state index in [1.54, 1.807) is 6.20 Å². The fraction of sp³-hybridized carbons (Fsp3) is 0.733. The lowest BCUT2D eigenvalue weighted by molar-refractivity contribution is 0.223. The SMILES string of the molecule is CCCNc1nccc(NC(C)CN2CCCCC2)n1. The van der Waals surface area contributed by atoms with Crippen LogP contribution in [0.15, 0.2) is 12.3 Å². The molecule has 1 aromatic rings. The van der Waals surface area contributed by atoms with Crippen molar-refractivity contribution in [3.8, 4) is 0 Å². The highest BCUT2D eigenvalue weighted by Gasteiger charge is 2.13. The van der Waals surface area contributed by atoms with Crippen LogP contribution in [0.25, 0.3) is 0 Å². The summed E-state index contributed by atoms with van der Waals surface area (Å²) >= 11 is 0. The normalized spacial score (nSPS) is 17.7.